The molecule has 6 nitrogen and oxygen atoms in total. The van der Waals surface area contributed by atoms with Crippen molar-refractivity contribution in [1.29, 1.82) is 0 Å². The van der Waals surface area contributed by atoms with Gasteiger partial charge in [-0.25, -0.2) is 0 Å². The highest BCUT2D eigenvalue weighted by atomic mass is 31.1. The van der Waals surface area contributed by atoms with Gasteiger partial charge in [-0.3, -0.25) is 0 Å². The average Bonchev–Trinajstić information content (AvgIpc) is 2.12. The van der Waals surface area contributed by atoms with Gasteiger partial charge in [0, 0.05) is 9.13 Å². The summed E-state index contributed by atoms with van der Waals surface area (Å²) in [4.78, 5) is 28.5. The quantitative estimate of drug-likeness (QED) is 0.575. The first-order chi connectivity index (χ1) is 9.24. The standard InChI is InChI=1S/C13H28.2HO3P/c1-9(2)13(10(3)4,11(5)6)12(7)8;2*1-4(2)3/h9-12H,1-8H3;2*(H-,1,2,3)/p+2. The van der Waals surface area contributed by atoms with Crippen molar-refractivity contribution in [2.75, 3.05) is 0 Å². The van der Waals surface area contributed by atoms with Crippen LogP contribution in [0.1, 0.15) is 55.4 Å². The van der Waals surface area contributed by atoms with E-state index in [0.29, 0.717) is 5.41 Å². The molecule has 0 saturated heterocycles. The second-order valence-corrected chi connectivity index (χ2v) is 7.14. The molecule has 0 aliphatic heterocycles. The van der Waals surface area contributed by atoms with Crippen LogP contribution >= 0.6 is 16.5 Å². The molecule has 0 saturated carbocycles. The van der Waals surface area contributed by atoms with Crippen LogP contribution in [0.15, 0.2) is 0 Å². The van der Waals surface area contributed by atoms with Gasteiger partial charge in [-0.05, 0) is 29.1 Å². The maximum absolute atomic E-state index is 8.70. The third-order valence-electron chi connectivity index (χ3n) is 4.00. The zero-order chi connectivity index (χ0) is 18.0. The lowest BCUT2D eigenvalue weighted by Gasteiger charge is -2.49. The average molecular weight is 346 g/mol. The van der Waals surface area contributed by atoms with Crippen molar-refractivity contribution in [3.8, 4) is 0 Å². The van der Waals surface area contributed by atoms with Gasteiger partial charge in [-0.1, -0.05) is 55.4 Å². The molecule has 0 aromatic carbocycles. The van der Waals surface area contributed by atoms with Crippen LogP contribution < -0.4 is 0 Å². The molecule has 0 aromatic heterocycles. The topological polar surface area (TPSA) is 115 Å². The molecular weight excluding hydrogens is 314 g/mol. The SMILES string of the molecule is CC(C)C(C(C)C)(C(C)C)C(C)C.O=[P+](O)O.O=[P+](O)O. The van der Waals surface area contributed by atoms with Crippen molar-refractivity contribution in [2.45, 2.75) is 55.4 Å². The van der Waals surface area contributed by atoms with E-state index < -0.39 is 16.5 Å². The summed E-state index contributed by atoms with van der Waals surface area (Å²) < 4.78 is 17.4. The van der Waals surface area contributed by atoms with Gasteiger partial charge in [0.25, 0.3) is 0 Å². The lowest BCUT2D eigenvalue weighted by molar-refractivity contribution is -0.00353. The van der Waals surface area contributed by atoms with Crippen molar-refractivity contribution < 1.29 is 28.7 Å². The Morgan fingerprint density at radius 2 is 0.667 bits per heavy atom. The van der Waals surface area contributed by atoms with Crippen LogP contribution in [-0.4, -0.2) is 19.6 Å². The van der Waals surface area contributed by atoms with Gasteiger partial charge in [0.15, 0.2) is 0 Å². The van der Waals surface area contributed by atoms with Crippen LogP contribution in [0.3, 0.4) is 0 Å². The first-order valence-corrected chi connectivity index (χ1v) is 9.27. The molecule has 0 atom stereocenters. The van der Waals surface area contributed by atoms with E-state index in [9.17, 15) is 0 Å². The molecule has 0 unspecified atom stereocenters. The van der Waals surface area contributed by atoms with Crippen molar-refractivity contribution in [3.05, 3.63) is 0 Å². The Balaban J connectivity index is -0.000000334. The molecule has 21 heavy (non-hydrogen) atoms. The van der Waals surface area contributed by atoms with Gasteiger partial charge in [0.2, 0.25) is 0 Å². The predicted molar refractivity (Wildman–Crippen MR) is 85.9 cm³/mol. The molecule has 8 heteroatoms. The minimum atomic E-state index is -2.87. The van der Waals surface area contributed by atoms with Crippen LogP contribution in [0.5, 0.6) is 0 Å². The van der Waals surface area contributed by atoms with Gasteiger partial charge in [0.1, 0.15) is 0 Å². The van der Waals surface area contributed by atoms with E-state index in [0.717, 1.165) is 23.7 Å². The smallest absolute Gasteiger partial charge is 0.134 e. The summed E-state index contributed by atoms with van der Waals surface area (Å²) >= 11 is 0. The third kappa shape index (κ3) is 11.3. The first-order valence-electron chi connectivity index (χ1n) is 6.94. The molecule has 4 N–H and O–H groups in total. The lowest BCUT2D eigenvalue weighted by atomic mass is 9.56. The minimum absolute atomic E-state index is 0.500. The maximum Gasteiger partial charge on any atom is 0.692 e. The monoisotopic (exact) mass is 346 g/mol. The summed E-state index contributed by atoms with van der Waals surface area (Å²) in [6.07, 6.45) is 0. The summed E-state index contributed by atoms with van der Waals surface area (Å²) in [6.45, 7) is 19.0. The molecule has 0 heterocycles. The highest BCUT2D eigenvalue weighted by Crippen LogP contribution is 2.48. The van der Waals surface area contributed by atoms with Crippen LogP contribution in [0.2, 0.25) is 0 Å². The van der Waals surface area contributed by atoms with Crippen molar-refractivity contribution in [2.24, 2.45) is 29.1 Å². The van der Waals surface area contributed by atoms with Crippen LogP contribution in [0.25, 0.3) is 0 Å². The van der Waals surface area contributed by atoms with Gasteiger partial charge in [-0.15, -0.1) is 19.6 Å². The molecule has 0 fully saturated rings. The van der Waals surface area contributed by atoms with Crippen molar-refractivity contribution >= 4 is 16.5 Å². The lowest BCUT2D eigenvalue weighted by Crippen LogP contribution is -2.42. The van der Waals surface area contributed by atoms with E-state index in [4.69, 9.17) is 28.7 Å². The Morgan fingerprint density at radius 3 is 0.667 bits per heavy atom. The Hall–Kier alpha value is 0.0400. The molecule has 0 aliphatic rings. The molecule has 0 spiro atoms. The Labute approximate surface area is 130 Å². The van der Waals surface area contributed by atoms with E-state index in [1.165, 1.54) is 0 Å². The molecule has 0 amide bonds. The molecule has 0 aromatic rings. The van der Waals surface area contributed by atoms with E-state index in [1.807, 2.05) is 0 Å². The summed E-state index contributed by atoms with van der Waals surface area (Å²) in [5.41, 5.74) is 0.500. The second kappa shape index (κ2) is 12.6. The highest BCUT2D eigenvalue weighted by molar-refractivity contribution is 7.31. The normalized spacial score (nSPS) is 11.0. The summed E-state index contributed by atoms with van der Waals surface area (Å²) in [5, 5.41) is 0. The third-order valence-corrected chi connectivity index (χ3v) is 4.00. The summed E-state index contributed by atoms with van der Waals surface area (Å²) in [5.74, 6) is 3.08. The molecule has 0 rings (SSSR count). The largest absolute Gasteiger partial charge is 0.692 e. The maximum atomic E-state index is 8.70. The zero-order valence-electron chi connectivity index (χ0n) is 14.3. The van der Waals surface area contributed by atoms with Crippen molar-refractivity contribution in [1.82, 2.24) is 0 Å². The number of hydrogen-bond acceptors (Lipinski definition) is 2. The van der Waals surface area contributed by atoms with Gasteiger partial charge >= 0.3 is 16.5 Å². The Morgan fingerprint density at radius 1 is 0.571 bits per heavy atom. The fourth-order valence-electron chi connectivity index (χ4n) is 4.00. The number of hydrogen-bond donors (Lipinski definition) is 4. The molecule has 128 valence electrons. The van der Waals surface area contributed by atoms with Gasteiger partial charge in [0.05, 0.1) is 0 Å². The van der Waals surface area contributed by atoms with E-state index in [-0.39, 0.29) is 0 Å². The van der Waals surface area contributed by atoms with Crippen molar-refractivity contribution in [3.63, 3.8) is 0 Å². The van der Waals surface area contributed by atoms with Crippen LogP contribution in [0, 0.1) is 29.1 Å². The molecular formula is C13H32O6P2+2. The zero-order valence-corrected chi connectivity index (χ0v) is 16.1. The van der Waals surface area contributed by atoms with Crippen LogP contribution in [0.4, 0.5) is 0 Å². The second-order valence-electron chi connectivity index (χ2n) is 6.12. The van der Waals surface area contributed by atoms with E-state index in [1.54, 1.807) is 0 Å². The first kappa shape index (κ1) is 26.0. The fourth-order valence-corrected chi connectivity index (χ4v) is 4.00. The number of rotatable bonds is 4. The fraction of sp³-hybridized carbons (Fsp3) is 1.00. The highest BCUT2D eigenvalue weighted by Gasteiger charge is 2.42. The predicted octanol–water partition coefficient (Wildman–Crippen LogP) is 3.85. The minimum Gasteiger partial charge on any atom is -0.134 e. The summed E-state index contributed by atoms with van der Waals surface area (Å²) in [6, 6.07) is 0. The van der Waals surface area contributed by atoms with Gasteiger partial charge in [-0.2, -0.15) is 0 Å². The molecule has 0 aliphatic carbocycles. The Bertz CT molecular complexity index is 246. The van der Waals surface area contributed by atoms with E-state index in [2.05, 4.69) is 55.4 Å². The van der Waals surface area contributed by atoms with Gasteiger partial charge < -0.3 is 0 Å². The molecule has 0 radical (unpaired) electrons. The van der Waals surface area contributed by atoms with E-state index >= 15 is 0 Å². The molecule has 0 bridgehead atoms. The summed E-state index contributed by atoms with van der Waals surface area (Å²) in [7, 11) is -5.74. The van der Waals surface area contributed by atoms with Crippen LogP contribution in [-0.2, 0) is 9.13 Å². The Kier molecular flexibility index (Phi) is 15.5.